The largest absolute Gasteiger partial charge is 0.309 e. The molecule has 0 radical (unpaired) electrons. The summed E-state index contributed by atoms with van der Waals surface area (Å²) >= 11 is 0. The van der Waals surface area contributed by atoms with Gasteiger partial charge in [-0.15, -0.1) is 0 Å². The summed E-state index contributed by atoms with van der Waals surface area (Å²) in [5.41, 5.74) is 19.0. The smallest absolute Gasteiger partial charge is 0.0541 e. The minimum Gasteiger partial charge on any atom is -0.309 e. The van der Waals surface area contributed by atoms with Gasteiger partial charge in [0.25, 0.3) is 0 Å². The standard InChI is InChI=1S/C60H40N2/c1-3-19-41(20-4-1)45-23-7-9-25-47(45)43-35-37-59-53(39-43)54-40-44(48-26-10-8-24-46(48)42-21-5-2-6-22-42)36-38-60(54)62(59)58-34-18-14-30-52(58)51-29-13-17-33-57(51)61-55-31-15-11-27-49(55)50-28-12-16-32-56(50)61/h1-40H. The summed E-state index contributed by atoms with van der Waals surface area (Å²) in [6, 6.07) is 88.5. The lowest BCUT2D eigenvalue weighted by molar-refractivity contribution is 1.16. The van der Waals surface area contributed by atoms with Gasteiger partial charge in [-0.05, 0) is 93.0 Å². The van der Waals surface area contributed by atoms with Gasteiger partial charge in [-0.2, -0.15) is 0 Å². The van der Waals surface area contributed by atoms with Gasteiger partial charge in [0.15, 0.2) is 0 Å². The van der Waals surface area contributed by atoms with Crippen LogP contribution in [0.1, 0.15) is 0 Å². The summed E-state index contributed by atoms with van der Waals surface area (Å²) in [5, 5.41) is 4.93. The maximum atomic E-state index is 2.49. The molecule has 10 aromatic carbocycles. The second-order valence-electron chi connectivity index (χ2n) is 16.0. The molecular formula is C60H40N2. The third-order valence-corrected chi connectivity index (χ3v) is 12.6. The van der Waals surface area contributed by atoms with Crippen molar-refractivity contribution >= 4 is 43.6 Å². The molecule has 0 saturated heterocycles. The molecule has 12 rings (SSSR count). The Morgan fingerprint density at radius 3 is 0.919 bits per heavy atom. The van der Waals surface area contributed by atoms with Crippen LogP contribution in [0.5, 0.6) is 0 Å². The van der Waals surface area contributed by atoms with Gasteiger partial charge in [-0.1, -0.05) is 194 Å². The first-order chi connectivity index (χ1) is 30.8. The van der Waals surface area contributed by atoms with Crippen LogP contribution < -0.4 is 0 Å². The van der Waals surface area contributed by atoms with Gasteiger partial charge >= 0.3 is 0 Å². The molecule has 12 aromatic rings. The van der Waals surface area contributed by atoms with Crippen molar-refractivity contribution < 1.29 is 0 Å². The lowest BCUT2D eigenvalue weighted by Gasteiger charge is -2.18. The lowest BCUT2D eigenvalue weighted by Crippen LogP contribution is -2.01. The Morgan fingerprint density at radius 1 is 0.194 bits per heavy atom. The second-order valence-corrected chi connectivity index (χ2v) is 16.0. The number of rotatable bonds is 7. The number of para-hydroxylation sites is 4. The molecule has 2 nitrogen and oxygen atoms in total. The maximum absolute atomic E-state index is 2.49. The summed E-state index contributed by atoms with van der Waals surface area (Å²) in [7, 11) is 0. The summed E-state index contributed by atoms with van der Waals surface area (Å²) < 4.78 is 4.93. The third-order valence-electron chi connectivity index (χ3n) is 12.6. The minimum absolute atomic E-state index is 1.13. The van der Waals surface area contributed by atoms with Crippen LogP contribution in [0.25, 0.3) is 111 Å². The van der Waals surface area contributed by atoms with E-state index in [9.17, 15) is 0 Å². The molecule has 0 aliphatic rings. The van der Waals surface area contributed by atoms with Crippen molar-refractivity contribution in [3.05, 3.63) is 243 Å². The molecule has 2 heteroatoms. The van der Waals surface area contributed by atoms with Crippen LogP contribution in [-0.4, -0.2) is 9.13 Å². The normalized spacial score (nSPS) is 11.5. The zero-order valence-electron chi connectivity index (χ0n) is 34.0. The monoisotopic (exact) mass is 788 g/mol. The highest BCUT2D eigenvalue weighted by Gasteiger charge is 2.21. The average molecular weight is 789 g/mol. The summed E-state index contributed by atoms with van der Waals surface area (Å²) in [6.07, 6.45) is 0. The molecular weight excluding hydrogens is 749 g/mol. The topological polar surface area (TPSA) is 9.86 Å². The molecule has 0 amide bonds. The van der Waals surface area contributed by atoms with Crippen LogP contribution in [-0.2, 0) is 0 Å². The van der Waals surface area contributed by atoms with E-state index in [2.05, 4.69) is 252 Å². The van der Waals surface area contributed by atoms with Crippen molar-refractivity contribution in [2.75, 3.05) is 0 Å². The predicted octanol–water partition coefficient (Wildman–Crippen LogP) is 16.2. The quantitative estimate of drug-likeness (QED) is 0.152. The van der Waals surface area contributed by atoms with E-state index in [0.717, 1.165) is 22.4 Å². The van der Waals surface area contributed by atoms with Crippen LogP contribution in [0, 0.1) is 0 Å². The van der Waals surface area contributed by atoms with Crippen LogP contribution in [0.4, 0.5) is 0 Å². The van der Waals surface area contributed by atoms with Crippen molar-refractivity contribution in [2.24, 2.45) is 0 Å². The molecule has 0 atom stereocenters. The van der Waals surface area contributed by atoms with Gasteiger partial charge in [-0.25, -0.2) is 0 Å². The number of fused-ring (bicyclic) bond motifs is 6. The Morgan fingerprint density at radius 2 is 0.500 bits per heavy atom. The van der Waals surface area contributed by atoms with E-state index in [1.807, 2.05) is 0 Å². The summed E-state index contributed by atoms with van der Waals surface area (Å²) in [5.74, 6) is 0. The van der Waals surface area contributed by atoms with Crippen LogP contribution in [0.15, 0.2) is 243 Å². The fourth-order valence-corrected chi connectivity index (χ4v) is 9.80. The van der Waals surface area contributed by atoms with Crippen LogP contribution in [0.3, 0.4) is 0 Å². The highest BCUT2D eigenvalue weighted by molar-refractivity contribution is 6.13. The van der Waals surface area contributed by atoms with E-state index in [1.54, 1.807) is 0 Å². The van der Waals surface area contributed by atoms with E-state index in [0.29, 0.717) is 0 Å². The van der Waals surface area contributed by atoms with Gasteiger partial charge in [0, 0.05) is 32.7 Å². The Bertz CT molecular complexity index is 3430. The lowest BCUT2D eigenvalue weighted by atomic mass is 9.92. The Kier molecular flexibility index (Phi) is 8.53. The van der Waals surface area contributed by atoms with E-state index < -0.39 is 0 Å². The van der Waals surface area contributed by atoms with Crippen LogP contribution in [0.2, 0.25) is 0 Å². The van der Waals surface area contributed by atoms with Crippen LogP contribution >= 0.6 is 0 Å². The maximum Gasteiger partial charge on any atom is 0.0541 e. The molecule has 0 saturated carbocycles. The highest BCUT2D eigenvalue weighted by Crippen LogP contribution is 2.44. The number of hydrogen-bond acceptors (Lipinski definition) is 0. The van der Waals surface area contributed by atoms with E-state index in [4.69, 9.17) is 0 Å². The Balaban J connectivity index is 1.12. The second kappa shape index (κ2) is 14.8. The van der Waals surface area contributed by atoms with Gasteiger partial charge in [0.1, 0.15) is 0 Å². The summed E-state index contributed by atoms with van der Waals surface area (Å²) in [4.78, 5) is 0. The zero-order valence-corrected chi connectivity index (χ0v) is 34.0. The molecule has 0 spiro atoms. The van der Waals surface area contributed by atoms with Gasteiger partial charge in [-0.3, -0.25) is 0 Å². The first-order valence-corrected chi connectivity index (χ1v) is 21.4. The van der Waals surface area contributed by atoms with Crippen molar-refractivity contribution in [3.8, 4) is 67.0 Å². The first kappa shape index (κ1) is 35.7. The van der Waals surface area contributed by atoms with Gasteiger partial charge in [0.05, 0.1) is 33.4 Å². The fraction of sp³-hybridized carbons (Fsp3) is 0. The fourth-order valence-electron chi connectivity index (χ4n) is 9.80. The van der Waals surface area contributed by atoms with E-state index >= 15 is 0 Å². The number of hydrogen-bond donors (Lipinski definition) is 0. The zero-order chi connectivity index (χ0) is 41.0. The summed E-state index contributed by atoms with van der Waals surface area (Å²) in [6.45, 7) is 0. The van der Waals surface area contributed by atoms with Gasteiger partial charge < -0.3 is 9.13 Å². The van der Waals surface area contributed by atoms with Gasteiger partial charge in [0.2, 0.25) is 0 Å². The molecule has 0 bridgehead atoms. The number of aromatic nitrogens is 2. The molecule has 62 heavy (non-hydrogen) atoms. The minimum atomic E-state index is 1.13. The first-order valence-electron chi connectivity index (χ1n) is 21.4. The molecule has 2 heterocycles. The molecule has 0 fully saturated rings. The molecule has 0 N–H and O–H groups in total. The third kappa shape index (κ3) is 5.80. The Labute approximate surface area is 360 Å². The van der Waals surface area contributed by atoms with E-state index in [-0.39, 0.29) is 0 Å². The SMILES string of the molecule is c1ccc(-c2ccccc2-c2ccc3c(c2)c2cc(-c4ccccc4-c4ccccc4)ccc2n3-c2ccccc2-c2ccccc2-n2c3ccccc3c3ccccc32)cc1. The van der Waals surface area contributed by atoms with Crippen molar-refractivity contribution in [1.29, 1.82) is 0 Å². The molecule has 290 valence electrons. The number of nitrogens with zero attached hydrogens (tertiary/aromatic N) is 2. The average Bonchev–Trinajstić information content (AvgIpc) is 3.86. The van der Waals surface area contributed by atoms with E-state index in [1.165, 1.54) is 88.2 Å². The van der Waals surface area contributed by atoms with Crippen molar-refractivity contribution in [1.82, 2.24) is 9.13 Å². The molecule has 0 aliphatic carbocycles. The molecule has 0 aliphatic heterocycles. The Hall–Kier alpha value is -8.20. The van der Waals surface area contributed by atoms with Crippen molar-refractivity contribution in [3.63, 3.8) is 0 Å². The molecule has 0 unspecified atom stereocenters. The molecule has 2 aromatic heterocycles. The predicted molar refractivity (Wildman–Crippen MR) is 262 cm³/mol. The number of benzene rings is 10. The highest BCUT2D eigenvalue weighted by atomic mass is 15.0. The van der Waals surface area contributed by atoms with Crippen molar-refractivity contribution in [2.45, 2.75) is 0 Å².